The highest BCUT2D eigenvalue weighted by atomic mass is 16.5. The quantitative estimate of drug-likeness (QED) is 0.0705. The average Bonchev–Trinajstić information content (AvgIpc) is 3.08. The maximum atomic E-state index is 13.2. The lowest BCUT2D eigenvalue weighted by Gasteiger charge is -2.14. The lowest BCUT2D eigenvalue weighted by molar-refractivity contribution is -0.145. The second-order valence-electron chi connectivity index (χ2n) is 10.9. The number of carbonyl (C=O) groups excluding carboxylic acids is 3. The van der Waals surface area contributed by atoms with Gasteiger partial charge in [-0.25, -0.2) is 56.2 Å². The van der Waals surface area contributed by atoms with Crippen molar-refractivity contribution in [3.8, 4) is 0 Å². The lowest BCUT2D eigenvalue weighted by atomic mass is 10.3. The van der Waals surface area contributed by atoms with Gasteiger partial charge in [0.1, 0.15) is 6.61 Å². The molecular weight excluding hydrogens is 668 g/mol. The summed E-state index contributed by atoms with van der Waals surface area (Å²) in [5, 5.41) is 9.28. The van der Waals surface area contributed by atoms with Crippen LogP contribution in [0.15, 0.2) is 28.8 Å². The summed E-state index contributed by atoms with van der Waals surface area (Å²) in [6, 6.07) is 0. The molecule has 0 saturated carbocycles. The summed E-state index contributed by atoms with van der Waals surface area (Å²) < 4.78 is 24.1. The van der Waals surface area contributed by atoms with Gasteiger partial charge in [-0.2, -0.15) is 0 Å². The molecule has 20 nitrogen and oxygen atoms in total. The Kier molecular flexibility index (Phi) is 17.6. The summed E-state index contributed by atoms with van der Waals surface area (Å²) in [6.07, 6.45) is 1.49. The number of carbonyl (C=O) groups is 3. The van der Waals surface area contributed by atoms with Crippen molar-refractivity contribution in [1.82, 2.24) is 27.4 Å². The highest BCUT2D eigenvalue weighted by Crippen LogP contribution is 1.96. The molecule has 0 amide bonds. The largest absolute Gasteiger partial charge is 0.466 e. The highest BCUT2D eigenvalue weighted by molar-refractivity contribution is 5.70. The number of aliphatic hydroxyl groups is 1. The average molecular weight is 715 g/mol. The van der Waals surface area contributed by atoms with Crippen molar-refractivity contribution in [1.29, 1.82) is 0 Å². The first-order valence-electron chi connectivity index (χ1n) is 16.4. The van der Waals surface area contributed by atoms with Crippen molar-refractivity contribution in [2.24, 2.45) is 0 Å². The number of hydrogen-bond acceptors (Lipinski definition) is 14. The SMILES string of the molecule is CCCCOC(=O)CCn1c(=O)n(CCC(=O)OCCCC)c(=O)n(CCC(=O)OCCn2c(=O)n(CCO)c(=O)n(CCOC)c2=O)c1=O. The van der Waals surface area contributed by atoms with E-state index in [1.807, 2.05) is 13.8 Å². The fraction of sp³-hybridized carbons (Fsp3) is 0.700. The number of esters is 3. The van der Waals surface area contributed by atoms with Gasteiger partial charge in [0.25, 0.3) is 0 Å². The molecule has 50 heavy (non-hydrogen) atoms. The Morgan fingerprint density at radius 1 is 0.480 bits per heavy atom. The minimum absolute atomic E-state index is 0.0258. The van der Waals surface area contributed by atoms with Crippen LogP contribution in [-0.2, 0) is 72.6 Å². The van der Waals surface area contributed by atoms with Crippen molar-refractivity contribution < 1.29 is 38.4 Å². The van der Waals surface area contributed by atoms with Crippen LogP contribution in [0.5, 0.6) is 0 Å². The van der Waals surface area contributed by atoms with E-state index >= 15 is 0 Å². The van der Waals surface area contributed by atoms with Crippen molar-refractivity contribution >= 4 is 17.9 Å². The van der Waals surface area contributed by atoms with E-state index in [4.69, 9.17) is 18.9 Å². The highest BCUT2D eigenvalue weighted by Gasteiger charge is 2.20. The number of aromatic nitrogens is 6. The molecule has 20 heteroatoms. The van der Waals surface area contributed by atoms with Crippen LogP contribution in [0.2, 0.25) is 0 Å². The van der Waals surface area contributed by atoms with E-state index in [0.717, 1.165) is 17.4 Å². The molecule has 1 N–H and O–H groups in total. The molecule has 0 radical (unpaired) electrons. The van der Waals surface area contributed by atoms with E-state index in [-0.39, 0.29) is 45.8 Å². The van der Waals surface area contributed by atoms with E-state index in [1.165, 1.54) is 7.11 Å². The van der Waals surface area contributed by atoms with E-state index in [9.17, 15) is 48.3 Å². The molecule has 0 aliphatic rings. The van der Waals surface area contributed by atoms with Crippen LogP contribution in [0.3, 0.4) is 0 Å². The van der Waals surface area contributed by atoms with Crippen molar-refractivity contribution in [2.75, 3.05) is 40.1 Å². The van der Waals surface area contributed by atoms with Gasteiger partial charge < -0.3 is 24.1 Å². The first kappa shape index (κ1) is 41.3. The zero-order chi connectivity index (χ0) is 37.2. The van der Waals surface area contributed by atoms with Gasteiger partial charge in [-0.15, -0.1) is 0 Å². The number of rotatable bonds is 23. The molecule has 0 aromatic carbocycles. The summed E-state index contributed by atoms with van der Waals surface area (Å²) in [5.41, 5.74) is -6.24. The Hall–Kier alpha value is -4.85. The van der Waals surface area contributed by atoms with Crippen LogP contribution < -0.4 is 34.1 Å². The van der Waals surface area contributed by atoms with Crippen LogP contribution in [0.4, 0.5) is 0 Å². The number of ether oxygens (including phenoxy) is 4. The molecule has 0 spiro atoms. The van der Waals surface area contributed by atoms with Crippen molar-refractivity contribution in [3.05, 3.63) is 62.9 Å². The zero-order valence-corrected chi connectivity index (χ0v) is 28.7. The molecular formula is C30H46N6O14. The molecule has 2 aromatic rings. The molecule has 2 aromatic heterocycles. The van der Waals surface area contributed by atoms with Gasteiger partial charge in [0.2, 0.25) is 0 Å². The first-order chi connectivity index (χ1) is 23.9. The van der Waals surface area contributed by atoms with Gasteiger partial charge in [-0.3, -0.25) is 14.4 Å². The Morgan fingerprint density at radius 3 is 1.10 bits per heavy atom. The number of hydrogen-bond donors (Lipinski definition) is 1. The van der Waals surface area contributed by atoms with Crippen molar-refractivity contribution in [3.63, 3.8) is 0 Å². The maximum Gasteiger partial charge on any atom is 0.336 e. The molecule has 2 heterocycles. The monoisotopic (exact) mass is 714 g/mol. The van der Waals surface area contributed by atoms with Crippen LogP contribution >= 0.6 is 0 Å². The molecule has 0 saturated heterocycles. The van der Waals surface area contributed by atoms with Crippen LogP contribution in [0, 0.1) is 0 Å². The number of aliphatic hydroxyl groups excluding tert-OH is 1. The zero-order valence-electron chi connectivity index (χ0n) is 28.7. The third-order valence-corrected chi connectivity index (χ3v) is 7.33. The standard InChI is InChI=1S/C30H46N6O14/c1-4-6-18-48-22(38)8-11-31-25(41)32(12-9-23(39)49-19-7-5-2)27(43)33(26(31)42)13-10-24(40)50-21-16-36-29(45)34(14-17-37)28(44)35(30(36)46)15-20-47-3/h37H,4-21H2,1-3H3. The van der Waals surface area contributed by atoms with Crippen LogP contribution in [-0.4, -0.2) is 90.6 Å². The molecule has 0 bridgehead atoms. The van der Waals surface area contributed by atoms with Gasteiger partial charge in [-0.05, 0) is 12.8 Å². The molecule has 0 fully saturated rings. The van der Waals surface area contributed by atoms with Gasteiger partial charge in [0.05, 0.1) is 65.3 Å². The van der Waals surface area contributed by atoms with E-state index < -0.39 is 97.9 Å². The minimum Gasteiger partial charge on any atom is -0.466 e. The summed E-state index contributed by atoms with van der Waals surface area (Å²) in [7, 11) is 1.35. The summed E-state index contributed by atoms with van der Waals surface area (Å²) in [5.74, 6) is -2.29. The smallest absolute Gasteiger partial charge is 0.336 e. The second-order valence-corrected chi connectivity index (χ2v) is 10.9. The molecule has 0 aliphatic carbocycles. The van der Waals surface area contributed by atoms with Gasteiger partial charge in [-0.1, -0.05) is 26.7 Å². The molecule has 2 rings (SSSR count). The third kappa shape index (κ3) is 11.6. The van der Waals surface area contributed by atoms with Gasteiger partial charge in [0, 0.05) is 26.7 Å². The van der Waals surface area contributed by atoms with Gasteiger partial charge in [0.15, 0.2) is 0 Å². The molecule has 0 unspecified atom stereocenters. The van der Waals surface area contributed by atoms with Crippen LogP contribution in [0.25, 0.3) is 0 Å². The fourth-order valence-corrected chi connectivity index (χ4v) is 4.53. The number of methoxy groups -OCH3 is 1. The summed E-state index contributed by atoms with van der Waals surface area (Å²) >= 11 is 0. The topological polar surface area (TPSA) is 240 Å². The van der Waals surface area contributed by atoms with Gasteiger partial charge >= 0.3 is 52.0 Å². The predicted octanol–water partition coefficient (Wildman–Crippen LogP) is -2.60. The number of nitrogens with zero attached hydrogens (tertiary/aromatic N) is 6. The van der Waals surface area contributed by atoms with E-state index in [2.05, 4.69) is 0 Å². The molecule has 280 valence electrons. The molecule has 0 atom stereocenters. The Balaban J connectivity index is 2.27. The number of unbranched alkanes of at least 4 members (excludes halogenated alkanes) is 2. The predicted molar refractivity (Wildman–Crippen MR) is 174 cm³/mol. The van der Waals surface area contributed by atoms with Crippen LogP contribution in [0.1, 0.15) is 58.8 Å². The van der Waals surface area contributed by atoms with Crippen molar-refractivity contribution in [2.45, 2.75) is 98.1 Å². The lowest BCUT2D eigenvalue weighted by Crippen LogP contribution is -2.55. The second kappa shape index (κ2) is 21.3. The molecule has 0 aliphatic heterocycles. The Bertz CT molecular complexity index is 1750. The Labute approximate surface area is 285 Å². The van der Waals surface area contributed by atoms with E-state index in [1.54, 1.807) is 0 Å². The normalized spacial score (nSPS) is 11.0. The summed E-state index contributed by atoms with van der Waals surface area (Å²) in [4.78, 5) is 115. The minimum atomic E-state index is -1.11. The first-order valence-corrected chi connectivity index (χ1v) is 16.4. The Morgan fingerprint density at radius 2 is 0.780 bits per heavy atom. The summed E-state index contributed by atoms with van der Waals surface area (Å²) in [6.45, 7) is 0.512. The van der Waals surface area contributed by atoms with E-state index in [0.29, 0.717) is 35.7 Å². The third-order valence-electron chi connectivity index (χ3n) is 7.33. The maximum absolute atomic E-state index is 13.2. The fourth-order valence-electron chi connectivity index (χ4n) is 4.53.